The highest BCUT2D eigenvalue weighted by Crippen LogP contribution is 2.29. The minimum Gasteiger partial charge on any atom is -0.480 e. The summed E-state index contributed by atoms with van der Waals surface area (Å²) in [5, 5.41) is 12.2. The lowest BCUT2D eigenvalue weighted by Gasteiger charge is -2.12. The first-order valence-corrected chi connectivity index (χ1v) is 8.72. The molecule has 0 unspecified atom stereocenters. The van der Waals surface area contributed by atoms with Gasteiger partial charge in [0.25, 0.3) is 0 Å². The van der Waals surface area contributed by atoms with Crippen LogP contribution in [0, 0.1) is 13.8 Å². The number of aliphatic carboxylic acids is 1. The van der Waals surface area contributed by atoms with Gasteiger partial charge in [-0.2, -0.15) is 0 Å². The van der Waals surface area contributed by atoms with Gasteiger partial charge in [-0.15, -0.1) is 0 Å². The summed E-state index contributed by atoms with van der Waals surface area (Å²) >= 11 is 0. The fraction of sp³-hybridized carbons (Fsp3) is 0.182. The van der Waals surface area contributed by atoms with Crippen molar-refractivity contribution in [2.24, 2.45) is 0 Å². The number of aryl methyl sites for hydroxylation is 2. The van der Waals surface area contributed by atoms with Gasteiger partial charge in [0.1, 0.15) is 6.54 Å². The van der Waals surface area contributed by atoms with Crippen LogP contribution in [0.3, 0.4) is 0 Å². The molecule has 27 heavy (non-hydrogen) atoms. The normalized spacial score (nSPS) is 11.6. The number of aromatic amines is 1. The lowest BCUT2D eigenvalue weighted by atomic mass is 9.93. The van der Waals surface area contributed by atoms with Crippen LogP contribution in [0.1, 0.15) is 23.6 Å². The third-order valence-electron chi connectivity index (χ3n) is 4.61. The van der Waals surface area contributed by atoms with Gasteiger partial charge >= 0.3 is 5.97 Å². The summed E-state index contributed by atoms with van der Waals surface area (Å²) < 4.78 is 0. The summed E-state index contributed by atoms with van der Waals surface area (Å²) in [7, 11) is 0. The zero-order valence-electron chi connectivity index (χ0n) is 15.6. The van der Waals surface area contributed by atoms with E-state index in [9.17, 15) is 9.59 Å². The van der Waals surface area contributed by atoms with E-state index >= 15 is 0 Å². The summed E-state index contributed by atoms with van der Waals surface area (Å²) in [6.45, 7) is 5.35. The van der Waals surface area contributed by atoms with Crippen LogP contribution in [0.15, 0.2) is 48.2 Å². The van der Waals surface area contributed by atoms with Crippen molar-refractivity contribution in [2.45, 2.75) is 20.8 Å². The number of hydrogen-bond acceptors (Lipinski definition) is 2. The van der Waals surface area contributed by atoms with E-state index < -0.39 is 5.97 Å². The van der Waals surface area contributed by atoms with E-state index in [1.165, 1.54) is 5.39 Å². The van der Waals surface area contributed by atoms with E-state index in [-0.39, 0.29) is 12.5 Å². The zero-order valence-corrected chi connectivity index (χ0v) is 15.6. The first-order valence-electron chi connectivity index (χ1n) is 8.72. The monoisotopic (exact) mass is 362 g/mol. The second-order valence-corrected chi connectivity index (χ2v) is 6.71. The average molecular weight is 362 g/mol. The Balaban J connectivity index is 1.91. The Hall–Kier alpha value is -3.34. The van der Waals surface area contributed by atoms with Gasteiger partial charge in [-0.05, 0) is 78.2 Å². The predicted molar refractivity (Wildman–Crippen MR) is 108 cm³/mol. The number of carboxylic acid groups (broad SMARTS) is 1. The molecule has 5 heteroatoms. The SMILES string of the molecule is C/C(=C\c1cc(C)c(-c2ccc3[nH]ccc3c2)cc1C)C(=O)NCC(=O)O. The third kappa shape index (κ3) is 4.08. The molecule has 3 rings (SSSR count). The van der Waals surface area contributed by atoms with Crippen molar-refractivity contribution < 1.29 is 14.7 Å². The molecule has 0 radical (unpaired) electrons. The number of benzene rings is 2. The van der Waals surface area contributed by atoms with E-state index in [2.05, 4.69) is 46.7 Å². The molecule has 2 aromatic carbocycles. The van der Waals surface area contributed by atoms with Crippen LogP contribution in [0.4, 0.5) is 0 Å². The molecule has 0 fully saturated rings. The Morgan fingerprint density at radius 2 is 1.89 bits per heavy atom. The third-order valence-corrected chi connectivity index (χ3v) is 4.61. The van der Waals surface area contributed by atoms with Crippen LogP contribution >= 0.6 is 0 Å². The molecule has 1 aromatic heterocycles. The lowest BCUT2D eigenvalue weighted by molar-refractivity contribution is -0.137. The van der Waals surface area contributed by atoms with Crippen molar-refractivity contribution in [2.75, 3.05) is 6.54 Å². The van der Waals surface area contributed by atoms with E-state index in [0.29, 0.717) is 5.57 Å². The smallest absolute Gasteiger partial charge is 0.322 e. The summed E-state index contributed by atoms with van der Waals surface area (Å²) in [6, 6.07) is 12.6. The molecular weight excluding hydrogens is 340 g/mol. The Bertz CT molecular complexity index is 1060. The fourth-order valence-electron chi connectivity index (χ4n) is 3.12. The van der Waals surface area contributed by atoms with Crippen molar-refractivity contribution in [1.29, 1.82) is 0 Å². The summed E-state index contributed by atoms with van der Waals surface area (Å²) in [4.78, 5) is 25.8. The van der Waals surface area contributed by atoms with Gasteiger partial charge < -0.3 is 15.4 Å². The van der Waals surface area contributed by atoms with Crippen LogP contribution in [-0.2, 0) is 9.59 Å². The van der Waals surface area contributed by atoms with Crippen molar-refractivity contribution in [1.82, 2.24) is 10.3 Å². The number of H-pyrrole nitrogens is 1. The van der Waals surface area contributed by atoms with Gasteiger partial charge in [0, 0.05) is 17.3 Å². The molecule has 1 amide bonds. The van der Waals surface area contributed by atoms with Gasteiger partial charge in [-0.25, -0.2) is 0 Å². The number of hydrogen-bond donors (Lipinski definition) is 3. The largest absolute Gasteiger partial charge is 0.480 e. The van der Waals surface area contributed by atoms with Crippen LogP contribution in [0.2, 0.25) is 0 Å². The number of aromatic nitrogens is 1. The quantitative estimate of drug-likeness (QED) is 0.599. The van der Waals surface area contributed by atoms with E-state index in [0.717, 1.165) is 33.3 Å². The van der Waals surface area contributed by atoms with Gasteiger partial charge in [0.05, 0.1) is 0 Å². The second-order valence-electron chi connectivity index (χ2n) is 6.71. The Kier molecular flexibility index (Phi) is 5.12. The number of carboxylic acids is 1. The first kappa shape index (κ1) is 18.5. The maximum absolute atomic E-state index is 12.0. The number of fused-ring (bicyclic) bond motifs is 1. The Labute approximate surface area is 157 Å². The topological polar surface area (TPSA) is 82.2 Å². The molecule has 138 valence electrons. The first-order chi connectivity index (χ1) is 12.8. The van der Waals surface area contributed by atoms with Crippen LogP contribution in [-0.4, -0.2) is 28.5 Å². The van der Waals surface area contributed by atoms with E-state index in [1.807, 2.05) is 20.0 Å². The van der Waals surface area contributed by atoms with Gasteiger partial charge in [0.2, 0.25) is 5.91 Å². The molecule has 0 saturated carbocycles. The van der Waals surface area contributed by atoms with Crippen LogP contribution in [0.5, 0.6) is 0 Å². The van der Waals surface area contributed by atoms with Crippen LogP contribution < -0.4 is 5.32 Å². The van der Waals surface area contributed by atoms with Crippen molar-refractivity contribution in [3.8, 4) is 11.1 Å². The average Bonchev–Trinajstić information content (AvgIpc) is 3.09. The Morgan fingerprint density at radius 3 is 2.63 bits per heavy atom. The molecule has 0 atom stereocenters. The van der Waals surface area contributed by atoms with Gasteiger partial charge in [-0.1, -0.05) is 18.2 Å². The molecule has 0 aliphatic rings. The molecule has 0 aliphatic heterocycles. The molecule has 0 bridgehead atoms. The lowest BCUT2D eigenvalue weighted by Crippen LogP contribution is -2.29. The molecule has 3 aromatic rings. The minimum atomic E-state index is -1.06. The van der Waals surface area contributed by atoms with E-state index in [1.54, 1.807) is 13.0 Å². The highest BCUT2D eigenvalue weighted by Gasteiger charge is 2.10. The maximum Gasteiger partial charge on any atom is 0.322 e. The second kappa shape index (κ2) is 7.50. The highest BCUT2D eigenvalue weighted by molar-refractivity contribution is 5.98. The predicted octanol–water partition coefficient (Wildman–Crippen LogP) is 4.06. The fourth-order valence-corrected chi connectivity index (χ4v) is 3.12. The number of rotatable bonds is 5. The number of nitrogens with one attached hydrogen (secondary N) is 2. The van der Waals surface area contributed by atoms with E-state index in [4.69, 9.17) is 5.11 Å². The van der Waals surface area contributed by atoms with Crippen molar-refractivity contribution in [3.05, 3.63) is 64.9 Å². The Morgan fingerprint density at radius 1 is 1.11 bits per heavy atom. The van der Waals surface area contributed by atoms with Crippen LogP contribution in [0.25, 0.3) is 28.1 Å². The molecule has 0 aliphatic carbocycles. The molecular formula is C22H22N2O3. The van der Waals surface area contributed by atoms with Gasteiger partial charge in [-0.3, -0.25) is 9.59 Å². The summed E-state index contributed by atoms with van der Waals surface area (Å²) in [6.07, 6.45) is 3.72. The van der Waals surface area contributed by atoms with Crippen molar-refractivity contribution >= 4 is 28.9 Å². The standard InChI is InChI=1S/C22H22N2O3/c1-13-10-19(16-4-5-20-17(11-16)6-7-23-20)14(2)8-18(13)9-15(3)22(27)24-12-21(25)26/h4-11,23H,12H2,1-3H3,(H,24,27)(H,25,26)/b15-9+. The number of carbonyl (C=O) groups excluding carboxylic acids is 1. The number of amides is 1. The molecule has 3 N–H and O–H groups in total. The summed E-state index contributed by atoms with van der Waals surface area (Å²) in [5.74, 6) is -1.44. The minimum absolute atomic E-state index is 0.378. The molecule has 1 heterocycles. The highest BCUT2D eigenvalue weighted by atomic mass is 16.4. The maximum atomic E-state index is 12.0. The molecule has 0 spiro atoms. The zero-order chi connectivity index (χ0) is 19.6. The van der Waals surface area contributed by atoms with Gasteiger partial charge in [0.15, 0.2) is 0 Å². The summed E-state index contributed by atoms with van der Waals surface area (Å²) in [5.41, 5.74) is 6.99. The molecule has 0 saturated heterocycles. The van der Waals surface area contributed by atoms with Crippen molar-refractivity contribution in [3.63, 3.8) is 0 Å². The molecule has 5 nitrogen and oxygen atoms in total. The number of carbonyl (C=O) groups is 2.